The molecule has 13 heavy (non-hydrogen) atoms. The number of hydrogen-bond donors (Lipinski definition) is 0. The van der Waals surface area contributed by atoms with Gasteiger partial charge in [0.05, 0.1) is 0 Å². The molecule has 0 aromatic carbocycles. The number of nitriles is 1. The summed E-state index contributed by atoms with van der Waals surface area (Å²) in [6, 6.07) is 2.10. The van der Waals surface area contributed by atoms with Gasteiger partial charge in [0.1, 0.15) is 17.6 Å². The van der Waals surface area contributed by atoms with E-state index in [0.717, 1.165) is 17.8 Å². The van der Waals surface area contributed by atoms with Crippen LogP contribution in [0.15, 0.2) is 6.20 Å². The molecule has 0 aliphatic heterocycles. The molecule has 0 atom stereocenters. The van der Waals surface area contributed by atoms with E-state index in [4.69, 9.17) is 5.26 Å². The SMILES string of the molecule is CCc1ncc(C(C)C)c(C#N)n1. The van der Waals surface area contributed by atoms with Crippen molar-refractivity contribution in [3.8, 4) is 6.07 Å². The van der Waals surface area contributed by atoms with Gasteiger partial charge in [-0.25, -0.2) is 9.97 Å². The first-order valence-electron chi connectivity index (χ1n) is 4.45. The van der Waals surface area contributed by atoms with Crippen LogP contribution in [0, 0.1) is 11.3 Å². The zero-order valence-electron chi connectivity index (χ0n) is 8.20. The topological polar surface area (TPSA) is 49.6 Å². The molecule has 0 radical (unpaired) electrons. The van der Waals surface area contributed by atoms with Gasteiger partial charge < -0.3 is 0 Å². The van der Waals surface area contributed by atoms with E-state index in [1.165, 1.54) is 0 Å². The number of rotatable bonds is 2. The predicted octanol–water partition coefficient (Wildman–Crippen LogP) is 2.03. The number of aromatic nitrogens is 2. The monoisotopic (exact) mass is 175 g/mol. The van der Waals surface area contributed by atoms with Crippen LogP contribution in [0.2, 0.25) is 0 Å². The van der Waals surface area contributed by atoms with Crippen molar-refractivity contribution in [2.45, 2.75) is 33.1 Å². The summed E-state index contributed by atoms with van der Waals surface area (Å²) in [5, 5.41) is 8.85. The molecule has 0 N–H and O–H groups in total. The Bertz CT molecular complexity index is 337. The lowest BCUT2D eigenvalue weighted by Gasteiger charge is -2.06. The average molecular weight is 175 g/mol. The van der Waals surface area contributed by atoms with Crippen LogP contribution in [-0.4, -0.2) is 9.97 Å². The predicted molar refractivity (Wildman–Crippen MR) is 50.2 cm³/mol. The molecule has 0 unspecified atom stereocenters. The second-order valence-corrected chi connectivity index (χ2v) is 3.21. The highest BCUT2D eigenvalue weighted by molar-refractivity contribution is 5.31. The molecule has 68 valence electrons. The number of hydrogen-bond acceptors (Lipinski definition) is 3. The summed E-state index contributed by atoms with van der Waals surface area (Å²) < 4.78 is 0. The van der Waals surface area contributed by atoms with E-state index >= 15 is 0 Å². The Morgan fingerprint density at radius 1 is 1.54 bits per heavy atom. The van der Waals surface area contributed by atoms with Crippen LogP contribution in [0.25, 0.3) is 0 Å². The van der Waals surface area contributed by atoms with E-state index in [9.17, 15) is 0 Å². The quantitative estimate of drug-likeness (QED) is 0.691. The molecule has 0 saturated carbocycles. The third-order valence-corrected chi connectivity index (χ3v) is 1.91. The molecule has 1 aromatic heterocycles. The standard InChI is InChI=1S/C10H13N3/c1-4-10-12-6-8(7(2)3)9(5-11)13-10/h6-7H,4H2,1-3H3. The molecule has 0 amide bonds. The lowest BCUT2D eigenvalue weighted by atomic mass is 10.0. The fraction of sp³-hybridized carbons (Fsp3) is 0.500. The largest absolute Gasteiger partial charge is 0.241 e. The molecule has 0 aliphatic rings. The summed E-state index contributed by atoms with van der Waals surface area (Å²) in [6.45, 7) is 6.04. The highest BCUT2D eigenvalue weighted by atomic mass is 14.9. The Morgan fingerprint density at radius 3 is 2.69 bits per heavy atom. The lowest BCUT2D eigenvalue weighted by molar-refractivity contribution is 0.817. The molecule has 0 saturated heterocycles. The van der Waals surface area contributed by atoms with Gasteiger partial charge in [-0.15, -0.1) is 0 Å². The van der Waals surface area contributed by atoms with E-state index in [2.05, 4.69) is 16.0 Å². The van der Waals surface area contributed by atoms with Gasteiger partial charge in [-0.3, -0.25) is 0 Å². The smallest absolute Gasteiger partial charge is 0.147 e. The van der Waals surface area contributed by atoms with Crippen molar-refractivity contribution < 1.29 is 0 Å². The second kappa shape index (κ2) is 3.99. The van der Waals surface area contributed by atoms with Gasteiger partial charge in [0.2, 0.25) is 0 Å². The minimum atomic E-state index is 0.306. The first-order chi connectivity index (χ1) is 6.19. The van der Waals surface area contributed by atoms with E-state index in [1.54, 1.807) is 6.20 Å². The first-order valence-corrected chi connectivity index (χ1v) is 4.45. The summed E-state index contributed by atoms with van der Waals surface area (Å²) in [4.78, 5) is 8.32. The molecular weight excluding hydrogens is 162 g/mol. The third kappa shape index (κ3) is 2.03. The summed E-state index contributed by atoms with van der Waals surface area (Å²) in [7, 11) is 0. The maximum absolute atomic E-state index is 8.85. The molecule has 0 fully saturated rings. The van der Waals surface area contributed by atoms with Gasteiger partial charge >= 0.3 is 0 Å². The fourth-order valence-electron chi connectivity index (χ4n) is 1.11. The van der Waals surface area contributed by atoms with Crippen molar-refractivity contribution >= 4 is 0 Å². The van der Waals surface area contributed by atoms with E-state index in [-0.39, 0.29) is 0 Å². The molecule has 1 aromatic rings. The van der Waals surface area contributed by atoms with Crippen molar-refractivity contribution in [1.82, 2.24) is 9.97 Å². The van der Waals surface area contributed by atoms with Crippen LogP contribution in [-0.2, 0) is 6.42 Å². The van der Waals surface area contributed by atoms with E-state index in [0.29, 0.717) is 11.6 Å². The average Bonchev–Trinajstić information content (AvgIpc) is 2.16. The van der Waals surface area contributed by atoms with Crippen LogP contribution in [0.3, 0.4) is 0 Å². The summed E-state index contributed by atoms with van der Waals surface area (Å²) in [6.07, 6.45) is 2.53. The van der Waals surface area contributed by atoms with Crippen molar-refractivity contribution in [2.24, 2.45) is 0 Å². The summed E-state index contributed by atoms with van der Waals surface area (Å²) in [5.41, 5.74) is 1.45. The zero-order valence-corrected chi connectivity index (χ0v) is 8.20. The molecule has 1 rings (SSSR count). The second-order valence-electron chi connectivity index (χ2n) is 3.21. The molecule has 3 nitrogen and oxygen atoms in total. The number of nitrogens with zero attached hydrogens (tertiary/aromatic N) is 3. The third-order valence-electron chi connectivity index (χ3n) is 1.91. The van der Waals surface area contributed by atoms with Crippen LogP contribution in [0.1, 0.15) is 43.8 Å². The number of aryl methyl sites for hydroxylation is 1. The van der Waals surface area contributed by atoms with Gasteiger partial charge in [-0.2, -0.15) is 5.26 Å². The Balaban J connectivity index is 3.18. The molecule has 0 aliphatic carbocycles. The van der Waals surface area contributed by atoms with Crippen molar-refractivity contribution in [1.29, 1.82) is 5.26 Å². The van der Waals surface area contributed by atoms with Crippen LogP contribution in [0.4, 0.5) is 0 Å². The summed E-state index contributed by atoms with van der Waals surface area (Å²) in [5.74, 6) is 1.04. The van der Waals surface area contributed by atoms with Gasteiger partial charge in [0.25, 0.3) is 0 Å². The summed E-state index contributed by atoms with van der Waals surface area (Å²) >= 11 is 0. The van der Waals surface area contributed by atoms with Crippen molar-refractivity contribution in [3.05, 3.63) is 23.3 Å². The van der Waals surface area contributed by atoms with Gasteiger partial charge in [0, 0.05) is 18.2 Å². The van der Waals surface area contributed by atoms with Crippen molar-refractivity contribution in [2.75, 3.05) is 0 Å². The molecule has 1 heterocycles. The van der Waals surface area contributed by atoms with E-state index in [1.807, 2.05) is 20.8 Å². The molecular formula is C10H13N3. The Morgan fingerprint density at radius 2 is 2.23 bits per heavy atom. The molecule has 0 spiro atoms. The van der Waals surface area contributed by atoms with E-state index < -0.39 is 0 Å². The van der Waals surface area contributed by atoms with Crippen LogP contribution < -0.4 is 0 Å². The highest BCUT2D eigenvalue weighted by Gasteiger charge is 2.08. The fourth-order valence-corrected chi connectivity index (χ4v) is 1.11. The lowest BCUT2D eigenvalue weighted by Crippen LogP contribution is -2.02. The van der Waals surface area contributed by atoms with Crippen LogP contribution in [0.5, 0.6) is 0 Å². The van der Waals surface area contributed by atoms with Gasteiger partial charge in [-0.1, -0.05) is 20.8 Å². The normalized spacial score (nSPS) is 10.1. The highest BCUT2D eigenvalue weighted by Crippen LogP contribution is 2.16. The Kier molecular flexibility index (Phi) is 2.97. The van der Waals surface area contributed by atoms with Crippen LogP contribution >= 0.6 is 0 Å². The molecule has 3 heteroatoms. The zero-order chi connectivity index (χ0) is 9.84. The minimum Gasteiger partial charge on any atom is -0.241 e. The maximum Gasteiger partial charge on any atom is 0.147 e. The van der Waals surface area contributed by atoms with Crippen molar-refractivity contribution in [3.63, 3.8) is 0 Å². The van der Waals surface area contributed by atoms with Gasteiger partial charge in [0.15, 0.2) is 0 Å². The van der Waals surface area contributed by atoms with Gasteiger partial charge in [-0.05, 0) is 5.92 Å². The molecule has 0 bridgehead atoms. The maximum atomic E-state index is 8.85. The first kappa shape index (κ1) is 9.66. The Labute approximate surface area is 78.5 Å². The Hall–Kier alpha value is -1.43. The minimum absolute atomic E-state index is 0.306.